The molecule has 152 valence electrons. The Bertz CT molecular complexity index is 930. The third-order valence-electron chi connectivity index (χ3n) is 3.89. The maximum Gasteiger partial charge on any atom is 0.416 e. The number of hydrogen-bond acceptors (Lipinski definition) is 3. The molecule has 1 amide bonds. The highest BCUT2D eigenvalue weighted by atomic mass is 35.5. The van der Waals surface area contributed by atoms with Gasteiger partial charge >= 0.3 is 6.18 Å². The summed E-state index contributed by atoms with van der Waals surface area (Å²) < 4.78 is 63.5. The number of carbonyl (C=O) groups is 1. The van der Waals surface area contributed by atoms with Crippen molar-refractivity contribution in [3.05, 3.63) is 59.1 Å². The van der Waals surface area contributed by atoms with Crippen LogP contribution in [0, 0.1) is 0 Å². The highest BCUT2D eigenvalue weighted by Crippen LogP contribution is 2.30. The third-order valence-corrected chi connectivity index (χ3v) is 5.32. The van der Waals surface area contributed by atoms with E-state index in [0.29, 0.717) is 5.02 Å². The van der Waals surface area contributed by atoms with Crippen molar-refractivity contribution < 1.29 is 26.4 Å². The molecule has 0 saturated carbocycles. The number of nitrogens with zero attached hydrogens (tertiary/aromatic N) is 1. The first-order chi connectivity index (χ1) is 12.9. The first-order valence-electron chi connectivity index (χ1n) is 8.16. The second-order valence-electron chi connectivity index (χ2n) is 6.02. The van der Waals surface area contributed by atoms with Gasteiger partial charge in [0.1, 0.15) is 6.04 Å². The zero-order chi connectivity index (χ0) is 21.1. The third kappa shape index (κ3) is 5.39. The molecule has 1 atom stereocenters. The summed E-state index contributed by atoms with van der Waals surface area (Å²) in [6.45, 7) is 1.63. The fraction of sp³-hybridized carbons (Fsp3) is 0.278. The molecule has 0 unspecified atom stereocenters. The van der Waals surface area contributed by atoms with Crippen molar-refractivity contribution in [1.82, 2.24) is 0 Å². The Labute approximate surface area is 166 Å². The molecule has 2 rings (SSSR count). The van der Waals surface area contributed by atoms with Crippen molar-refractivity contribution in [2.75, 3.05) is 15.9 Å². The summed E-state index contributed by atoms with van der Waals surface area (Å²) in [5.41, 5.74) is -0.473. The Morgan fingerprint density at radius 2 is 1.64 bits per heavy atom. The topological polar surface area (TPSA) is 66.5 Å². The molecule has 0 aromatic heterocycles. The Balaban J connectivity index is 2.30. The number of benzene rings is 2. The van der Waals surface area contributed by atoms with Crippen LogP contribution < -0.4 is 9.62 Å². The quantitative estimate of drug-likeness (QED) is 0.725. The standard InChI is InChI=1S/C18H18ClF3N2O3S/c1-3-16(24(28(2,26)27)15-10-6-13(19)7-11-15)17(25)23-14-8-4-12(5-9-14)18(20,21)22/h4-11,16H,3H2,1-2H3,(H,23,25)/t16-/m1/s1. The summed E-state index contributed by atoms with van der Waals surface area (Å²) >= 11 is 5.83. The Morgan fingerprint density at radius 1 is 1.11 bits per heavy atom. The van der Waals surface area contributed by atoms with E-state index < -0.39 is 33.7 Å². The van der Waals surface area contributed by atoms with Crippen LogP contribution in [0.5, 0.6) is 0 Å². The summed E-state index contributed by atoms with van der Waals surface area (Å²) in [7, 11) is -3.82. The van der Waals surface area contributed by atoms with Crippen LogP contribution in [-0.2, 0) is 21.0 Å². The molecule has 0 fully saturated rings. The SMILES string of the molecule is CC[C@H](C(=O)Nc1ccc(C(F)(F)F)cc1)N(c1ccc(Cl)cc1)S(C)(=O)=O. The number of hydrogen-bond donors (Lipinski definition) is 1. The van der Waals surface area contributed by atoms with Crippen molar-refractivity contribution in [3.63, 3.8) is 0 Å². The van der Waals surface area contributed by atoms with E-state index in [1.54, 1.807) is 6.92 Å². The van der Waals surface area contributed by atoms with Crippen molar-refractivity contribution >= 4 is 38.9 Å². The fourth-order valence-corrected chi connectivity index (χ4v) is 3.95. The van der Waals surface area contributed by atoms with Crippen LogP contribution in [0.25, 0.3) is 0 Å². The lowest BCUT2D eigenvalue weighted by molar-refractivity contribution is -0.137. The fourth-order valence-electron chi connectivity index (χ4n) is 2.62. The van der Waals surface area contributed by atoms with Crippen LogP contribution in [0.2, 0.25) is 5.02 Å². The molecule has 0 heterocycles. The molecule has 0 aliphatic heterocycles. The maximum absolute atomic E-state index is 12.7. The molecule has 0 spiro atoms. The van der Waals surface area contributed by atoms with Gasteiger partial charge in [-0.2, -0.15) is 13.2 Å². The lowest BCUT2D eigenvalue weighted by atomic mass is 10.1. The molecule has 0 bridgehead atoms. The van der Waals surface area contributed by atoms with Gasteiger partial charge < -0.3 is 5.32 Å². The highest BCUT2D eigenvalue weighted by molar-refractivity contribution is 7.92. The maximum atomic E-state index is 12.7. The van der Waals surface area contributed by atoms with E-state index in [2.05, 4.69) is 5.32 Å². The number of halogens is 4. The first-order valence-corrected chi connectivity index (χ1v) is 10.4. The second kappa shape index (κ2) is 8.40. The predicted octanol–water partition coefficient (Wildman–Crippen LogP) is 4.54. The molecule has 1 N–H and O–H groups in total. The molecule has 0 radical (unpaired) electrons. The Kier molecular flexibility index (Phi) is 6.61. The largest absolute Gasteiger partial charge is 0.416 e. The van der Waals surface area contributed by atoms with Gasteiger partial charge in [-0.25, -0.2) is 8.42 Å². The predicted molar refractivity (Wildman–Crippen MR) is 103 cm³/mol. The highest BCUT2D eigenvalue weighted by Gasteiger charge is 2.32. The minimum Gasteiger partial charge on any atom is -0.324 e. The van der Waals surface area contributed by atoms with Gasteiger partial charge in [0.15, 0.2) is 0 Å². The Hall–Kier alpha value is -2.26. The van der Waals surface area contributed by atoms with E-state index in [-0.39, 0.29) is 17.8 Å². The molecule has 28 heavy (non-hydrogen) atoms. The lowest BCUT2D eigenvalue weighted by Gasteiger charge is -2.30. The summed E-state index contributed by atoms with van der Waals surface area (Å²) in [6, 6.07) is 8.73. The van der Waals surface area contributed by atoms with Gasteiger partial charge in [-0.1, -0.05) is 18.5 Å². The Morgan fingerprint density at radius 3 is 2.07 bits per heavy atom. The van der Waals surface area contributed by atoms with E-state index in [9.17, 15) is 26.4 Å². The number of anilines is 2. The van der Waals surface area contributed by atoms with Gasteiger partial charge in [-0.15, -0.1) is 0 Å². The van der Waals surface area contributed by atoms with Gasteiger partial charge in [0.2, 0.25) is 15.9 Å². The van der Waals surface area contributed by atoms with Gasteiger partial charge in [0.25, 0.3) is 0 Å². The summed E-state index contributed by atoms with van der Waals surface area (Å²) in [4.78, 5) is 12.7. The van der Waals surface area contributed by atoms with Gasteiger partial charge in [-0.3, -0.25) is 9.10 Å². The van der Waals surface area contributed by atoms with Crippen LogP contribution in [0.3, 0.4) is 0 Å². The van der Waals surface area contributed by atoms with Crippen molar-refractivity contribution in [2.45, 2.75) is 25.6 Å². The van der Waals surface area contributed by atoms with Crippen molar-refractivity contribution in [3.8, 4) is 0 Å². The van der Waals surface area contributed by atoms with Crippen LogP contribution in [0.1, 0.15) is 18.9 Å². The first kappa shape index (κ1) is 22.0. The van der Waals surface area contributed by atoms with Crippen LogP contribution in [0.4, 0.5) is 24.5 Å². The van der Waals surface area contributed by atoms with E-state index in [1.165, 1.54) is 24.3 Å². The molecule has 2 aromatic carbocycles. The second-order valence-corrected chi connectivity index (χ2v) is 8.32. The number of carbonyl (C=O) groups excluding carboxylic acids is 1. The minimum atomic E-state index is -4.49. The molecule has 10 heteroatoms. The zero-order valence-electron chi connectivity index (χ0n) is 15.0. The molecule has 0 saturated heterocycles. The van der Waals surface area contributed by atoms with Crippen LogP contribution in [-0.4, -0.2) is 26.6 Å². The van der Waals surface area contributed by atoms with E-state index in [1.807, 2.05) is 0 Å². The molecular weight excluding hydrogens is 417 g/mol. The molecule has 5 nitrogen and oxygen atoms in total. The number of rotatable bonds is 6. The molecule has 0 aliphatic carbocycles. The van der Waals surface area contributed by atoms with Gasteiger partial charge in [0, 0.05) is 10.7 Å². The number of nitrogens with one attached hydrogen (secondary N) is 1. The summed E-state index contributed by atoms with van der Waals surface area (Å²) in [5.74, 6) is -0.664. The average molecular weight is 435 g/mol. The molecule has 0 aliphatic rings. The van der Waals surface area contributed by atoms with E-state index in [0.717, 1.165) is 34.8 Å². The summed E-state index contributed by atoms with van der Waals surface area (Å²) in [5, 5.41) is 2.87. The monoisotopic (exact) mass is 434 g/mol. The summed E-state index contributed by atoms with van der Waals surface area (Å²) in [6.07, 6.45) is -3.38. The van der Waals surface area contributed by atoms with Crippen LogP contribution in [0.15, 0.2) is 48.5 Å². The lowest BCUT2D eigenvalue weighted by Crippen LogP contribution is -2.47. The van der Waals surface area contributed by atoms with Gasteiger partial charge in [-0.05, 0) is 55.0 Å². The van der Waals surface area contributed by atoms with E-state index in [4.69, 9.17) is 11.6 Å². The normalized spacial score (nSPS) is 13.1. The van der Waals surface area contributed by atoms with Gasteiger partial charge in [0.05, 0.1) is 17.5 Å². The van der Waals surface area contributed by atoms with Crippen molar-refractivity contribution in [1.29, 1.82) is 0 Å². The van der Waals surface area contributed by atoms with Crippen molar-refractivity contribution in [2.24, 2.45) is 0 Å². The van der Waals surface area contributed by atoms with Crippen LogP contribution >= 0.6 is 11.6 Å². The molecular formula is C18H18ClF3N2O3S. The smallest absolute Gasteiger partial charge is 0.324 e. The number of alkyl halides is 3. The number of amides is 1. The zero-order valence-corrected chi connectivity index (χ0v) is 16.6. The minimum absolute atomic E-state index is 0.126. The number of sulfonamides is 1. The average Bonchev–Trinajstić information content (AvgIpc) is 2.59. The van der Waals surface area contributed by atoms with E-state index >= 15 is 0 Å². The molecule has 2 aromatic rings.